The van der Waals surface area contributed by atoms with Crippen molar-refractivity contribution in [2.24, 2.45) is 0 Å². The number of fused-ring (bicyclic) bond motifs is 1. The average molecular weight is 284 g/mol. The van der Waals surface area contributed by atoms with Crippen LogP contribution in [0, 0.1) is 0 Å². The fourth-order valence-corrected chi connectivity index (χ4v) is 2.76. The highest BCUT2D eigenvalue weighted by molar-refractivity contribution is 6.00. The van der Waals surface area contributed by atoms with E-state index in [2.05, 4.69) is 21.7 Å². The average Bonchev–Trinajstić information content (AvgIpc) is 2.99. The zero-order chi connectivity index (χ0) is 14.7. The molecule has 5 heteroatoms. The molecule has 2 aromatic rings. The molecular weight excluding hydrogens is 264 g/mol. The first-order valence-corrected chi connectivity index (χ1v) is 7.36. The van der Waals surface area contributed by atoms with Gasteiger partial charge in [-0.25, -0.2) is 4.98 Å². The summed E-state index contributed by atoms with van der Waals surface area (Å²) in [6, 6.07) is 5.98. The standard InChI is InChI=1S/C16H20N4O/c1-12(10-20-9-8-17-11-20)19-16(21)14-6-2-4-13-5-3-7-18-15(13)14/h2,4,6,8-9,11-12,18H,3,5,7,10H2,1H3,(H,19,21). The smallest absolute Gasteiger partial charge is 0.253 e. The largest absolute Gasteiger partial charge is 0.384 e. The van der Waals surface area contributed by atoms with Gasteiger partial charge in [0.15, 0.2) is 0 Å². The Kier molecular flexibility index (Phi) is 3.90. The maximum Gasteiger partial charge on any atom is 0.253 e. The van der Waals surface area contributed by atoms with Crippen LogP contribution in [0.1, 0.15) is 29.3 Å². The second-order valence-electron chi connectivity index (χ2n) is 5.50. The molecule has 1 aromatic carbocycles. The van der Waals surface area contributed by atoms with Gasteiger partial charge in [-0.05, 0) is 31.4 Å². The number of aryl methyl sites for hydroxylation is 1. The number of hydrogen-bond donors (Lipinski definition) is 2. The summed E-state index contributed by atoms with van der Waals surface area (Å²) < 4.78 is 1.96. The third kappa shape index (κ3) is 3.07. The maximum atomic E-state index is 12.5. The van der Waals surface area contributed by atoms with Gasteiger partial charge >= 0.3 is 0 Å². The minimum absolute atomic E-state index is 0.0196. The summed E-state index contributed by atoms with van der Waals surface area (Å²) in [4.78, 5) is 16.5. The molecule has 0 saturated heterocycles. The molecule has 1 unspecified atom stereocenters. The minimum atomic E-state index is -0.0196. The van der Waals surface area contributed by atoms with Crippen molar-refractivity contribution >= 4 is 11.6 Å². The van der Waals surface area contributed by atoms with Crippen LogP contribution in [0.15, 0.2) is 36.9 Å². The Balaban J connectivity index is 1.70. The number of aromatic nitrogens is 2. The fraction of sp³-hybridized carbons (Fsp3) is 0.375. The van der Waals surface area contributed by atoms with Crippen LogP contribution < -0.4 is 10.6 Å². The highest BCUT2D eigenvalue weighted by atomic mass is 16.1. The molecule has 1 aliphatic rings. The monoisotopic (exact) mass is 284 g/mol. The van der Waals surface area contributed by atoms with E-state index in [1.807, 2.05) is 29.8 Å². The fourth-order valence-electron chi connectivity index (χ4n) is 2.76. The van der Waals surface area contributed by atoms with Crippen LogP contribution in [-0.2, 0) is 13.0 Å². The van der Waals surface area contributed by atoms with Gasteiger partial charge in [0.1, 0.15) is 0 Å². The van der Waals surface area contributed by atoms with Gasteiger partial charge in [-0.3, -0.25) is 4.79 Å². The van der Waals surface area contributed by atoms with Crippen molar-refractivity contribution in [2.75, 3.05) is 11.9 Å². The minimum Gasteiger partial charge on any atom is -0.384 e. The molecule has 2 N–H and O–H groups in total. The number of rotatable bonds is 4. The number of imidazole rings is 1. The number of nitrogens with one attached hydrogen (secondary N) is 2. The number of amides is 1. The topological polar surface area (TPSA) is 59.0 Å². The molecule has 1 amide bonds. The van der Waals surface area contributed by atoms with Crippen molar-refractivity contribution in [1.82, 2.24) is 14.9 Å². The lowest BCUT2D eigenvalue weighted by molar-refractivity contribution is 0.0937. The Morgan fingerprint density at radius 3 is 3.24 bits per heavy atom. The van der Waals surface area contributed by atoms with Crippen molar-refractivity contribution in [3.05, 3.63) is 48.0 Å². The van der Waals surface area contributed by atoms with Crippen molar-refractivity contribution in [3.8, 4) is 0 Å². The molecule has 0 bridgehead atoms. The molecule has 0 fully saturated rings. The number of carbonyl (C=O) groups excluding carboxylic acids is 1. The van der Waals surface area contributed by atoms with E-state index >= 15 is 0 Å². The van der Waals surface area contributed by atoms with E-state index in [1.165, 1.54) is 5.56 Å². The first-order chi connectivity index (χ1) is 10.2. The number of para-hydroxylation sites is 1. The Morgan fingerprint density at radius 1 is 1.52 bits per heavy atom. The summed E-state index contributed by atoms with van der Waals surface area (Å²) in [7, 11) is 0. The summed E-state index contributed by atoms with van der Waals surface area (Å²) in [5.41, 5.74) is 2.97. The first-order valence-electron chi connectivity index (χ1n) is 7.36. The van der Waals surface area contributed by atoms with E-state index in [0.717, 1.165) is 30.6 Å². The molecule has 1 aromatic heterocycles. The molecular formula is C16H20N4O. The van der Waals surface area contributed by atoms with E-state index < -0.39 is 0 Å². The van der Waals surface area contributed by atoms with Crippen LogP contribution in [0.5, 0.6) is 0 Å². The van der Waals surface area contributed by atoms with Crippen LogP contribution in [0.2, 0.25) is 0 Å². The SMILES string of the molecule is CC(Cn1ccnc1)NC(=O)c1cccc2c1NCCC2. The maximum absolute atomic E-state index is 12.5. The summed E-state index contributed by atoms with van der Waals surface area (Å²) in [5.74, 6) is -0.0196. The van der Waals surface area contributed by atoms with E-state index in [0.29, 0.717) is 6.54 Å². The molecule has 2 heterocycles. The number of nitrogens with zero attached hydrogens (tertiary/aromatic N) is 2. The van der Waals surface area contributed by atoms with Gasteiger partial charge in [-0.1, -0.05) is 12.1 Å². The molecule has 0 spiro atoms. The molecule has 0 radical (unpaired) electrons. The lowest BCUT2D eigenvalue weighted by Gasteiger charge is -2.22. The predicted molar refractivity (Wildman–Crippen MR) is 82.4 cm³/mol. The lowest BCUT2D eigenvalue weighted by Crippen LogP contribution is -2.36. The van der Waals surface area contributed by atoms with Crippen molar-refractivity contribution in [2.45, 2.75) is 32.4 Å². The third-order valence-electron chi connectivity index (χ3n) is 3.74. The second kappa shape index (κ2) is 5.99. The summed E-state index contributed by atoms with van der Waals surface area (Å²) in [6.07, 6.45) is 7.55. The van der Waals surface area contributed by atoms with Gasteiger partial charge in [-0.15, -0.1) is 0 Å². The van der Waals surface area contributed by atoms with Gasteiger partial charge in [0.05, 0.1) is 17.6 Å². The Bertz CT molecular complexity index is 621. The molecule has 3 rings (SSSR count). The molecule has 5 nitrogen and oxygen atoms in total. The summed E-state index contributed by atoms with van der Waals surface area (Å²) in [6.45, 7) is 3.65. The normalized spacial score (nSPS) is 14.9. The Morgan fingerprint density at radius 2 is 2.43 bits per heavy atom. The van der Waals surface area contributed by atoms with Gasteiger partial charge in [-0.2, -0.15) is 0 Å². The Labute approximate surface area is 124 Å². The van der Waals surface area contributed by atoms with Crippen molar-refractivity contribution in [3.63, 3.8) is 0 Å². The number of anilines is 1. The van der Waals surface area contributed by atoms with E-state index in [9.17, 15) is 4.79 Å². The number of benzene rings is 1. The molecule has 0 saturated carbocycles. The zero-order valence-electron chi connectivity index (χ0n) is 12.2. The van der Waals surface area contributed by atoms with Gasteiger partial charge in [0, 0.05) is 31.5 Å². The quantitative estimate of drug-likeness (QED) is 0.903. The molecule has 21 heavy (non-hydrogen) atoms. The van der Waals surface area contributed by atoms with E-state index in [-0.39, 0.29) is 11.9 Å². The van der Waals surface area contributed by atoms with Crippen LogP contribution >= 0.6 is 0 Å². The highest BCUT2D eigenvalue weighted by Gasteiger charge is 2.18. The lowest BCUT2D eigenvalue weighted by atomic mass is 9.99. The van der Waals surface area contributed by atoms with Crippen LogP contribution in [-0.4, -0.2) is 28.0 Å². The summed E-state index contributed by atoms with van der Waals surface area (Å²) >= 11 is 0. The molecule has 1 aliphatic heterocycles. The number of carbonyl (C=O) groups is 1. The van der Waals surface area contributed by atoms with Crippen LogP contribution in [0.3, 0.4) is 0 Å². The highest BCUT2D eigenvalue weighted by Crippen LogP contribution is 2.25. The third-order valence-corrected chi connectivity index (χ3v) is 3.74. The van der Waals surface area contributed by atoms with Crippen molar-refractivity contribution in [1.29, 1.82) is 0 Å². The van der Waals surface area contributed by atoms with Gasteiger partial charge in [0.2, 0.25) is 0 Å². The molecule has 110 valence electrons. The number of hydrogen-bond acceptors (Lipinski definition) is 3. The van der Waals surface area contributed by atoms with Crippen molar-refractivity contribution < 1.29 is 4.79 Å². The van der Waals surface area contributed by atoms with Crippen LogP contribution in [0.25, 0.3) is 0 Å². The Hall–Kier alpha value is -2.30. The zero-order valence-corrected chi connectivity index (χ0v) is 12.2. The van der Waals surface area contributed by atoms with Gasteiger partial charge < -0.3 is 15.2 Å². The summed E-state index contributed by atoms with van der Waals surface area (Å²) in [5, 5.41) is 6.41. The molecule has 0 aliphatic carbocycles. The molecule has 1 atom stereocenters. The second-order valence-corrected chi connectivity index (χ2v) is 5.50. The van der Waals surface area contributed by atoms with E-state index in [4.69, 9.17) is 0 Å². The van der Waals surface area contributed by atoms with E-state index in [1.54, 1.807) is 12.5 Å². The predicted octanol–water partition coefficient (Wildman–Crippen LogP) is 2.06. The van der Waals surface area contributed by atoms with Crippen LogP contribution in [0.4, 0.5) is 5.69 Å². The first kappa shape index (κ1) is 13.7. The van der Waals surface area contributed by atoms with Gasteiger partial charge in [0.25, 0.3) is 5.91 Å².